The Kier molecular flexibility index (Phi) is 3.17. The van der Waals surface area contributed by atoms with Crippen LogP contribution in [-0.4, -0.2) is 16.8 Å². The topological polar surface area (TPSA) is 99.1 Å². The van der Waals surface area contributed by atoms with Gasteiger partial charge in [0.1, 0.15) is 0 Å². The molecule has 1 heterocycles. The maximum atomic E-state index is 11.0. The first-order valence-electron chi connectivity index (χ1n) is 4.09. The Morgan fingerprint density at radius 3 is 2.57 bits per heavy atom. The fraction of sp³-hybridized carbons (Fsp3) is 0.222. The molecule has 0 spiro atoms. The van der Waals surface area contributed by atoms with Gasteiger partial charge in [-0.3, -0.25) is 14.6 Å². The highest BCUT2D eigenvalue weighted by Crippen LogP contribution is 2.17. The fourth-order valence-corrected chi connectivity index (χ4v) is 1.17. The summed E-state index contributed by atoms with van der Waals surface area (Å²) < 4.78 is 0. The van der Waals surface area contributed by atoms with Gasteiger partial charge >= 0.3 is 0 Å². The smallest absolute Gasteiger partial charge is 0.225 e. The number of carbonyl (C=O) groups is 2. The molecule has 1 unspecified atom stereocenters. The van der Waals surface area contributed by atoms with Crippen LogP contribution in [0.25, 0.3) is 0 Å². The number of pyridine rings is 1. The quantitative estimate of drug-likeness (QED) is 0.675. The van der Waals surface area contributed by atoms with Crippen molar-refractivity contribution < 1.29 is 9.59 Å². The van der Waals surface area contributed by atoms with Crippen molar-refractivity contribution in [3.63, 3.8) is 0 Å². The highest BCUT2D eigenvalue weighted by molar-refractivity contribution is 5.87. The SMILES string of the molecule is NC(=O)CC(C(N)=O)c1cccnc1. The summed E-state index contributed by atoms with van der Waals surface area (Å²) in [4.78, 5) is 25.5. The minimum atomic E-state index is -0.679. The lowest BCUT2D eigenvalue weighted by Crippen LogP contribution is -2.26. The van der Waals surface area contributed by atoms with Crippen LogP contribution < -0.4 is 11.5 Å². The first-order valence-corrected chi connectivity index (χ1v) is 4.09. The van der Waals surface area contributed by atoms with Gasteiger partial charge < -0.3 is 11.5 Å². The van der Waals surface area contributed by atoms with Crippen molar-refractivity contribution in [2.75, 3.05) is 0 Å². The summed E-state index contributed by atoms with van der Waals surface area (Å²) in [5, 5.41) is 0. The van der Waals surface area contributed by atoms with Gasteiger partial charge in [-0.25, -0.2) is 0 Å². The summed E-state index contributed by atoms with van der Waals surface area (Å²) >= 11 is 0. The van der Waals surface area contributed by atoms with E-state index in [9.17, 15) is 9.59 Å². The monoisotopic (exact) mass is 193 g/mol. The third-order valence-electron chi connectivity index (χ3n) is 1.84. The minimum absolute atomic E-state index is 0.0823. The molecule has 4 N–H and O–H groups in total. The van der Waals surface area contributed by atoms with Crippen LogP contribution in [0.4, 0.5) is 0 Å². The van der Waals surface area contributed by atoms with E-state index >= 15 is 0 Å². The Labute approximate surface area is 81.1 Å². The number of hydrogen-bond acceptors (Lipinski definition) is 3. The van der Waals surface area contributed by atoms with E-state index in [1.807, 2.05) is 0 Å². The average Bonchev–Trinajstić information content (AvgIpc) is 2.15. The number of rotatable bonds is 4. The maximum Gasteiger partial charge on any atom is 0.225 e. The summed E-state index contributed by atoms with van der Waals surface area (Å²) in [5.74, 6) is -1.81. The Bertz CT molecular complexity index is 337. The molecule has 0 aliphatic carbocycles. The Balaban J connectivity index is 2.89. The molecule has 14 heavy (non-hydrogen) atoms. The van der Waals surface area contributed by atoms with Crippen molar-refractivity contribution in [3.8, 4) is 0 Å². The van der Waals surface area contributed by atoms with Crippen LogP contribution in [0, 0.1) is 0 Å². The number of hydrogen-bond donors (Lipinski definition) is 2. The van der Waals surface area contributed by atoms with Gasteiger partial charge in [-0.2, -0.15) is 0 Å². The zero-order valence-corrected chi connectivity index (χ0v) is 7.51. The van der Waals surface area contributed by atoms with E-state index in [1.54, 1.807) is 18.3 Å². The summed E-state index contributed by atoms with van der Waals surface area (Å²) in [6.45, 7) is 0. The largest absolute Gasteiger partial charge is 0.370 e. The predicted octanol–water partition coefficient (Wildman–Crippen LogP) is -0.474. The van der Waals surface area contributed by atoms with Crippen LogP contribution >= 0.6 is 0 Å². The van der Waals surface area contributed by atoms with Crippen LogP contribution in [-0.2, 0) is 9.59 Å². The van der Waals surface area contributed by atoms with Crippen LogP contribution in [0.5, 0.6) is 0 Å². The molecule has 0 fully saturated rings. The maximum absolute atomic E-state index is 11.0. The van der Waals surface area contributed by atoms with E-state index in [0.29, 0.717) is 5.56 Å². The van der Waals surface area contributed by atoms with Crippen LogP contribution in [0.15, 0.2) is 24.5 Å². The molecule has 0 bridgehead atoms. The molecule has 1 aromatic heterocycles. The molecule has 74 valence electrons. The van der Waals surface area contributed by atoms with E-state index in [1.165, 1.54) is 6.20 Å². The lowest BCUT2D eigenvalue weighted by Gasteiger charge is -2.10. The van der Waals surface area contributed by atoms with E-state index < -0.39 is 17.7 Å². The van der Waals surface area contributed by atoms with Gasteiger partial charge in [-0.05, 0) is 11.6 Å². The molecule has 0 aromatic carbocycles. The van der Waals surface area contributed by atoms with E-state index in [-0.39, 0.29) is 6.42 Å². The second kappa shape index (κ2) is 4.36. The van der Waals surface area contributed by atoms with Crippen LogP contribution in [0.3, 0.4) is 0 Å². The highest BCUT2D eigenvalue weighted by atomic mass is 16.2. The predicted molar refractivity (Wildman–Crippen MR) is 50.0 cm³/mol. The summed E-state index contributed by atoms with van der Waals surface area (Å²) in [6.07, 6.45) is 2.99. The average molecular weight is 193 g/mol. The fourth-order valence-electron chi connectivity index (χ4n) is 1.17. The summed E-state index contributed by atoms with van der Waals surface area (Å²) in [6, 6.07) is 3.36. The molecule has 0 saturated heterocycles. The lowest BCUT2D eigenvalue weighted by molar-refractivity contribution is -0.124. The molecule has 1 atom stereocenters. The highest BCUT2D eigenvalue weighted by Gasteiger charge is 2.19. The molecule has 0 aliphatic rings. The van der Waals surface area contributed by atoms with E-state index in [2.05, 4.69) is 4.98 Å². The molecule has 0 radical (unpaired) electrons. The van der Waals surface area contributed by atoms with Gasteiger partial charge in [0.25, 0.3) is 0 Å². The van der Waals surface area contributed by atoms with Crippen LogP contribution in [0.2, 0.25) is 0 Å². The van der Waals surface area contributed by atoms with Gasteiger partial charge in [-0.1, -0.05) is 6.07 Å². The Hall–Kier alpha value is -1.91. The standard InChI is InChI=1S/C9H11N3O2/c10-8(13)4-7(9(11)14)6-2-1-3-12-5-6/h1-3,5,7H,4H2,(H2,10,13)(H2,11,14). The van der Waals surface area contributed by atoms with Crippen molar-refractivity contribution in [3.05, 3.63) is 30.1 Å². The number of aromatic nitrogens is 1. The molecule has 5 nitrogen and oxygen atoms in total. The van der Waals surface area contributed by atoms with Crippen LogP contribution in [0.1, 0.15) is 17.9 Å². The van der Waals surface area contributed by atoms with Crippen molar-refractivity contribution in [2.45, 2.75) is 12.3 Å². The first-order chi connectivity index (χ1) is 6.61. The van der Waals surface area contributed by atoms with Gasteiger partial charge in [0.15, 0.2) is 0 Å². The molecular weight excluding hydrogens is 182 g/mol. The Morgan fingerprint density at radius 2 is 2.14 bits per heavy atom. The molecule has 0 aliphatic heterocycles. The van der Waals surface area contributed by atoms with E-state index in [4.69, 9.17) is 11.5 Å². The summed E-state index contributed by atoms with van der Waals surface area (Å²) in [5.41, 5.74) is 10.8. The van der Waals surface area contributed by atoms with Crippen molar-refractivity contribution in [1.82, 2.24) is 4.98 Å². The second-order valence-corrected chi connectivity index (χ2v) is 2.91. The number of nitrogens with two attached hydrogens (primary N) is 2. The van der Waals surface area contributed by atoms with Gasteiger partial charge in [0.2, 0.25) is 11.8 Å². The van der Waals surface area contributed by atoms with Crippen molar-refractivity contribution >= 4 is 11.8 Å². The molecule has 2 amide bonds. The first kappa shape index (κ1) is 10.2. The third-order valence-corrected chi connectivity index (χ3v) is 1.84. The normalized spacial score (nSPS) is 12.0. The van der Waals surface area contributed by atoms with Crippen molar-refractivity contribution in [2.24, 2.45) is 11.5 Å². The molecule has 0 saturated carbocycles. The molecule has 1 rings (SSSR count). The Morgan fingerprint density at radius 1 is 1.43 bits per heavy atom. The second-order valence-electron chi connectivity index (χ2n) is 2.91. The minimum Gasteiger partial charge on any atom is -0.370 e. The van der Waals surface area contributed by atoms with Gasteiger partial charge in [0.05, 0.1) is 5.92 Å². The molecule has 5 heteroatoms. The van der Waals surface area contributed by atoms with Crippen molar-refractivity contribution in [1.29, 1.82) is 0 Å². The number of amides is 2. The number of primary amides is 2. The molecule has 1 aromatic rings. The lowest BCUT2D eigenvalue weighted by atomic mass is 9.96. The van der Waals surface area contributed by atoms with Gasteiger partial charge in [-0.15, -0.1) is 0 Å². The van der Waals surface area contributed by atoms with E-state index in [0.717, 1.165) is 0 Å². The zero-order chi connectivity index (χ0) is 10.6. The third kappa shape index (κ3) is 2.55. The number of carbonyl (C=O) groups excluding carboxylic acids is 2. The number of nitrogens with zero attached hydrogens (tertiary/aromatic N) is 1. The van der Waals surface area contributed by atoms with Gasteiger partial charge in [0, 0.05) is 18.8 Å². The molecular formula is C9H11N3O2. The summed E-state index contributed by atoms with van der Waals surface area (Å²) in [7, 11) is 0. The zero-order valence-electron chi connectivity index (χ0n) is 7.51.